The maximum Gasteiger partial charge on any atom is 0.223 e. The van der Waals surface area contributed by atoms with Crippen LogP contribution in [0.5, 0.6) is 0 Å². The van der Waals surface area contributed by atoms with Crippen molar-refractivity contribution in [3.8, 4) is 0 Å². The highest BCUT2D eigenvalue weighted by molar-refractivity contribution is 5.85. The summed E-state index contributed by atoms with van der Waals surface area (Å²) in [6.45, 7) is 4.40. The molecule has 2 unspecified atom stereocenters. The average Bonchev–Trinajstić information content (AvgIpc) is 2.47. The fourth-order valence-corrected chi connectivity index (χ4v) is 2.32. The van der Waals surface area contributed by atoms with E-state index in [9.17, 15) is 4.79 Å². The molecule has 1 aliphatic rings. The van der Waals surface area contributed by atoms with Crippen LogP contribution in [0.15, 0.2) is 30.3 Å². The van der Waals surface area contributed by atoms with E-state index in [1.54, 1.807) is 0 Å². The van der Waals surface area contributed by atoms with Crippen molar-refractivity contribution in [1.82, 2.24) is 10.6 Å². The number of rotatable bonds is 5. The standard InChI is InChI=1S/C15H22N2O2.ClH/c1-2-14(12-6-4-3-5-7-12)17-15(18)10-13-11-16-8-9-19-13;/h3-7,13-14,16H,2,8-11H2,1H3,(H,17,18);1H. The van der Waals surface area contributed by atoms with Crippen LogP contribution in [0.1, 0.15) is 31.4 Å². The number of benzene rings is 1. The molecular formula is C15H23ClN2O2. The first kappa shape index (κ1) is 17.0. The molecular weight excluding hydrogens is 276 g/mol. The van der Waals surface area contributed by atoms with Gasteiger partial charge < -0.3 is 15.4 Å². The van der Waals surface area contributed by atoms with Crippen LogP contribution in [-0.2, 0) is 9.53 Å². The Kier molecular flexibility index (Phi) is 7.59. The summed E-state index contributed by atoms with van der Waals surface area (Å²) in [5.41, 5.74) is 1.15. The number of morpholine rings is 1. The van der Waals surface area contributed by atoms with E-state index < -0.39 is 0 Å². The van der Waals surface area contributed by atoms with Crippen molar-refractivity contribution in [2.24, 2.45) is 0 Å². The SMILES string of the molecule is CCC(NC(=O)CC1CNCCO1)c1ccccc1.Cl. The predicted molar refractivity (Wildman–Crippen MR) is 82.1 cm³/mol. The number of carbonyl (C=O) groups is 1. The Labute approximate surface area is 126 Å². The highest BCUT2D eigenvalue weighted by atomic mass is 35.5. The molecule has 1 aromatic rings. The van der Waals surface area contributed by atoms with Crippen LogP contribution in [0.4, 0.5) is 0 Å². The van der Waals surface area contributed by atoms with Gasteiger partial charge in [-0.2, -0.15) is 0 Å². The van der Waals surface area contributed by atoms with Crippen LogP contribution in [-0.4, -0.2) is 31.7 Å². The molecule has 1 aromatic carbocycles. The Morgan fingerprint density at radius 2 is 2.20 bits per heavy atom. The molecule has 5 heteroatoms. The van der Waals surface area contributed by atoms with Gasteiger partial charge in [-0.15, -0.1) is 12.4 Å². The largest absolute Gasteiger partial charge is 0.375 e. The molecule has 0 bridgehead atoms. The lowest BCUT2D eigenvalue weighted by molar-refractivity contribution is -0.125. The van der Waals surface area contributed by atoms with Gasteiger partial charge in [-0.3, -0.25) is 4.79 Å². The first-order valence-corrected chi connectivity index (χ1v) is 6.96. The minimum absolute atomic E-state index is 0. The van der Waals surface area contributed by atoms with Crippen molar-refractivity contribution in [1.29, 1.82) is 0 Å². The Bertz CT molecular complexity index is 394. The van der Waals surface area contributed by atoms with Gasteiger partial charge >= 0.3 is 0 Å². The molecule has 2 rings (SSSR count). The van der Waals surface area contributed by atoms with Crippen molar-refractivity contribution in [3.05, 3.63) is 35.9 Å². The Balaban J connectivity index is 0.00000200. The Morgan fingerprint density at radius 3 is 2.80 bits per heavy atom. The van der Waals surface area contributed by atoms with E-state index in [1.807, 2.05) is 30.3 Å². The zero-order valence-electron chi connectivity index (χ0n) is 11.8. The van der Waals surface area contributed by atoms with E-state index in [0.29, 0.717) is 13.0 Å². The lowest BCUT2D eigenvalue weighted by atomic mass is 10.0. The van der Waals surface area contributed by atoms with E-state index in [4.69, 9.17) is 4.74 Å². The molecule has 0 radical (unpaired) electrons. The summed E-state index contributed by atoms with van der Waals surface area (Å²) in [5, 5.41) is 6.32. The summed E-state index contributed by atoms with van der Waals surface area (Å²) in [5.74, 6) is 0.0596. The van der Waals surface area contributed by atoms with Crippen molar-refractivity contribution in [2.45, 2.75) is 31.9 Å². The Morgan fingerprint density at radius 1 is 1.45 bits per heavy atom. The second-order valence-electron chi connectivity index (χ2n) is 4.84. The Hall–Kier alpha value is -1.10. The fourth-order valence-electron chi connectivity index (χ4n) is 2.32. The van der Waals surface area contributed by atoms with E-state index in [1.165, 1.54) is 0 Å². The van der Waals surface area contributed by atoms with E-state index in [2.05, 4.69) is 17.6 Å². The molecule has 112 valence electrons. The molecule has 0 spiro atoms. The summed E-state index contributed by atoms with van der Waals surface area (Å²) in [6, 6.07) is 10.2. The monoisotopic (exact) mass is 298 g/mol. The number of hydrogen-bond acceptors (Lipinski definition) is 3. The summed E-state index contributed by atoms with van der Waals surface area (Å²) >= 11 is 0. The number of nitrogens with one attached hydrogen (secondary N) is 2. The third-order valence-corrected chi connectivity index (χ3v) is 3.36. The molecule has 1 heterocycles. The molecule has 2 atom stereocenters. The average molecular weight is 299 g/mol. The highest BCUT2D eigenvalue weighted by Crippen LogP contribution is 2.16. The molecule has 0 aromatic heterocycles. The molecule has 0 aliphatic carbocycles. The van der Waals surface area contributed by atoms with Crippen molar-refractivity contribution >= 4 is 18.3 Å². The summed E-state index contributed by atoms with van der Waals surface area (Å²) in [6.07, 6.45) is 1.32. The van der Waals surface area contributed by atoms with Crippen LogP contribution in [0, 0.1) is 0 Å². The number of hydrogen-bond donors (Lipinski definition) is 2. The van der Waals surface area contributed by atoms with Crippen molar-refractivity contribution < 1.29 is 9.53 Å². The summed E-state index contributed by atoms with van der Waals surface area (Å²) in [7, 11) is 0. The van der Waals surface area contributed by atoms with E-state index >= 15 is 0 Å². The molecule has 2 N–H and O–H groups in total. The fraction of sp³-hybridized carbons (Fsp3) is 0.533. The summed E-state index contributed by atoms with van der Waals surface area (Å²) in [4.78, 5) is 12.0. The van der Waals surface area contributed by atoms with E-state index in [0.717, 1.165) is 25.1 Å². The van der Waals surface area contributed by atoms with Gasteiger partial charge in [-0.25, -0.2) is 0 Å². The van der Waals surface area contributed by atoms with Gasteiger partial charge in [-0.05, 0) is 12.0 Å². The third-order valence-electron chi connectivity index (χ3n) is 3.36. The second-order valence-corrected chi connectivity index (χ2v) is 4.84. The quantitative estimate of drug-likeness (QED) is 0.875. The topological polar surface area (TPSA) is 50.4 Å². The molecule has 1 fully saturated rings. The number of carbonyl (C=O) groups excluding carboxylic acids is 1. The molecule has 20 heavy (non-hydrogen) atoms. The van der Waals surface area contributed by atoms with Gasteiger partial charge in [0.1, 0.15) is 0 Å². The molecule has 1 saturated heterocycles. The van der Waals surface area contributed by atoms with Gasteiger partial charge in [0.05, 0.1) is 25.2 Å². The minimum Gasteiger partial charge on any atom is -0.375 e. The number of halogens is 1. The smallest absolute Gasteiger partial charge is 0.223 e. The molecule has 4 nitrogen and oxygen atoms in total. The zero-order valence-corrected chi connectivity index (χ0v) is 12.6. The van der Waals surface area contributed by atoms with Gasteiger partial charge in [-0.1, -0.05) is 37.3 Å². The molecule has 1 aliphatic heterocycles. The maximum atomic E-state index is 12.0. The van der Waals surface area contributed by atoms with Crippen LogP contribution >= 0.6 is 12.4 Å². The van der Waals surface area contributed by atoms with E-state index in [-0.39, 0.29) is 30.5 Å². The van der Waals surface area contributed by atoms with Crippen molar-refractivity contribution in [3.63, 3.8) is 0 Å². The summed E-state index contributed by atoms with van der Waals surface area (Å²) < 4.78 is 5.55. The van der Waals surface area contributed by atoms with Crippen LogP contribution in [0.25, 0.3) is 0 Å². The predicted octanol–water partition coefficient (Wildman–Crippen LogP) is 2.05. The maximum absolute atomic E-state index is 12.0. The number of amides is 1. The highest BCUT2D eigenvalue weighted by Gasteiger charge is 2.19. The second kappa shape index (κ2) is 8.95. The normalized spacial score (nSPS) is 19.8. The van der Waals surface area contributed by atoms with Crippen LogP contribution in [0.2, 0.25) is 0 Å². The zero-order chi connectivity index (χ0) is 13.5. The minimum atomic E-state index is 0. The first-order valence-electron chi connectivity index (χ1n) is 6.96. The van der Waals surface area contributed by atoms with Gasteiger partial charge in [0.15, 0.2) is 0 Å². The van der Waals surface area contributed by atoms with Gasteiger partial charge in [0.2, 0.25) is 5.91 Å². The lowest BCUT2D eigenvalue weighted by Crippen LogP contribution is -2.41. The molecule has 1 amide bonds. The van der Waals surface area contributed by atoms with Crippen LogP contribution in [0.3, 0.4) is 0 Å². The lowest BCUT2D eigenvalue weighted by Gasteiger charge is -2.24. The molecule has 0 saturated carbocycles. The van der Waals surface area contributed by atoms with Crippen LogP contribution < -0.4 is 10.6 Å². The third kappa shape index (κ3) is 5.12. The first-order chi connectivity index (χ1) is 9.29. The van der Waals surface area contributed by atoms with Gasteiger partial charge in [0.25, 0.3) is 0 Å². The number of ether oxygens (including phenoxy) is 1. The van der Waals surface area contributed by atoms with Crippen molar-refractivity contribution in [2.75, 3.05) is 19.7 Å². The van der Waals surface area contributed by atoms with Gasteiger partial charge in [0, 0.05) is 13.1 Å².